The van der Waals surface area contributed by atoms with Crippen LogP contribution in [0.3, 0.4) is 0 Å². The number of carbonyl (C=O) groups excluding carboxylic acids is 2. The fraction of sp³-hybridized carbons (Fsp3) is 0.286. The van der Waals surface area contributed by atoms with E-state index in [0.717, 1.165) is 23.1 Å². The largest absolute Gasteiger partial charge is 0.385 e. The normalized spacial score (nSPS) is 11.5. The van der Waals surface area contributed by atoms with Crippen molar-refractivity contribution in [3.8, 4) is 0 Å². The monoisotopic (exact) mass is 444 g/mol. The van der Waals surface area contributed by atoms with Crippen LogP contribution < -0.4 is 5.32 Å². The van der Waals surface area contributed by atoms with Gasteiger partial charge >= 0.3 is 0 Å². The minimum absolute atomic E-state index is 0.0713. The van der Waals surface area contributed by atoms with Gasteiger partial charge in [-0.25, -0.2) is 0 Å². The highest BCUT2D eigenvalue weighted by Crippen LogP contribution is 2.16. The first-order chi connectivity index (χ1) is 16.2. The number of rotatable bonds is 12. The molecule has 0 aliphatic carbocycles. The zero-order chi connectivity index (χ0) is 23.3. The molecule has 0 aliphatic rings. The minimum atomic E-state index is -0.619. The maximum Gasteiger partial charge on any atom is 0.243 e. The van der Waals surface area contributed by atoms with Crippen LogP contribution in [0.2, 0.25) is 0 Å². The Labute approximate surface area is 196 Å². The number of hydrogen-bond donors (Lipinski definition) is 1. The average Bonchev–Trinajstić information content (AvgIpc) is 2.85. The second kappa shape index (κ2) is 13.2. The lowest BCUT2D eigenvalue weighted by atomic mass is 10.0. The first-order valence-electron chi connectivity index (χ1n) is 11.3. The molecule has 1 atom stereocenters. The second-order valence-electron chi connectivity index (χ2n) is 8.01. The standard InChI is InChI=1S/C28H32N2O3/c1-33-19-11-18-29-28(32)26(20-23-12-5-2-6-13-23)30(22-25-16-9-4-10-17-25)27(31)21-24-14-7-3-8-15-24/h2-10,12-17,26H,11,18-22H2,1H3,(H,29,32). The first-order valence-corrected chi connectivity index (χ1v) is 11.3. The molecule has 3 aromatic rings. The Morgan fingerprint density at radius 1 is 0.818 bits per heavy atom. The van der Waals surface area contributed by atoms with Gasteiger partial charge in [-0.3, -0.25) is 9.59 Å². The first kappa shape index (κ1) is 24.2. The van der Waals surface area contributed by atoms with Crippen molar-refractivity contribution in [1.82, 2.24) is 10.2 Å². The van der Waals surface area contributed by atoms with Crippen LogP contribution in [0.15, 0.2) is 91.0 Å². The number of amides is 2. The molecule has 1 N–H and O–H groups in total. The van der Waals surface area contributed by atoms with Crippen molar-refractivity contribution in [1.29, 1.82) is 0 Å². The van der Waals surface area contributed by atoms with Crippen molar-refractivity contribution in [2.75, 3.05) is 20.3 Å². The Balaban J connectivity index is 1.88. The lowest BCUT2D eigenvalue weighted by Crippen LogP contribution is -2.51. The fourth-order valence-electron chi connectivity index (χ4n) is 3.75. The van der Waals surface area contributed by atoms with Crippen molar-refractivity contribution in [2.24, 2.45) is 0 Å². The molecule has 0 spiro atoms. The highest BCUT2D eigenvalue weighted by Gasteiger charge is 2.30. The number of methoxy groups -OCH3 is 1. The maximum absolute atomic E-state index is 13.6. The van der Waals surface area contributed by atoms with Crippen LogP contribution in [0.4, 0.5) is 0 Å². The number of hydrogen-bond acceptors (Lipinski definition) is 3. The van der Waals surface area contributed by atoms with Gasteiger partial charge in [0.1, 0.15) is 6.04 Å². The zero-order valence-electron chi connectivity index (χ0n) is 19.2. The van der Waals surface area contributed by atoms with E-state index < -0.39 is 6.04 Å². The van der Waals surface area contributed by atoms with E-state index >= 15 is 0 Å². The summed E-state index contributed by atoms with van der Waals surface area (Å²) in [5, 5.41) is 3.01. The quantitative estimate of drug-likeness (QED) is 0.429. The number of ether oxygens (including phenoxy) is 1. The van der Waals surface area contributed by atoms with Gasteiger partial charge in [0.2, 0.25) is 11.8 Å². The zero-order valence-corrected chi connectivity index (χ0v) is 19.2. The molecule has 0 bridgehead atoms. The van der Waals surface area contributed by atoms with Crippen molar-refractivity contribution < 1.29 is 14.3 Å². The third-order valence-corrected chi connectivity index (χ3v) is 5.49. The van der Waals surface area contributed by atoms with Gasteiger partial charge in [0.25, 0.3) is 0 Å². The smallest absolute Gasteiger partial charge is 0.243 e. The van der Waals surface area contributed by atoms with E-state index in [-0.39, 0.29) is 18.2 Å². The van der Waals surface area contributed by atoms with Crippen LogP contribution in [-0.2, 0) is 33.7 Å². The Bertz CT molecular complexity index is 978. The van der Waals surface area contributed by atoms with E-state index in [1.807, 2.05) is 91.0 Å². The van der Waals surface area contributed by atoms with Crippen molar-refractivity contribution in [3.63, 3.8) is 0 Å². The molecule has 172 valence electrons. The highest BCUT2D eigenvalue weighted by atomic mass is 16.5. The van der Waals surface area contributed by atoms with Crippen LogP contribution in [0.25, 0.3) is 0 Å². The van der Waals surface area contributed by atoms with Gasteiger partial charge in [-0.05, 0) is 23.1 Å². The third kappa shape index (κ3) is 7.88. The molecule has 0 fully saturated rings. The topological polar surface area (TPSA) is 58.6 Å². The van der Waals surface area contributed by atoms with E-state index in [2.05, 4.69) is 5.32 Å². The molecule has 0 aliphatic heterocycles. The summed E-state index contributed by atoms with van der Waals surface area (Å²) in [7, 11) is 1.64. The lowest BCUT2D eigenvalue weighted by Gasteiger charge is -2.31. The van der Waals surface area contributed by atoms with Gasteiger partial charge in [0.15, 0.2) is 0 Å². The molecule has 5 heteroatoms. The van der Waals surface area contributed by atoms with E-state index in [9.17, 15) is 9.59 Å². The molecular formula is C28H32N2O3. The summed E-state index contributed by atoms with van der Waals surface area (Å²) < 4.78 is 5.10. The van der Waals surface area contributed by atoms with Crippen molar-refractivity contribution >= 4 is 11.8 Å². The lowest BCUT2D eigenvalue weighted by molar-refractivity contribution is -0.140. The Morgan fingerprint density at radius 3 is 1.94 bits per heavy atom. The van der Waals surface area contributed by atoms with Crippen LogP contribution in [0.5, 0.6) is 0 Å². The molecule has 0 aromatic heterocycles. The minimum Gasteiger partial charge on any atom is -0.385 e. The predicted octanol–water partition coefficient (Wildman–Crippen LogP) is 4.02. The van der Waals surface area contributed by atoms with Gasteiger partial charge in [-0.1, -0.05) is 91.0 Å². The van der Waals surface area contributed by atoms with Gasteiger partial charge in [-0.15, -0.1) is 0 Å². The summed E-state index contributed by atoms with van der Waals surface area (Å²) in [6, 6.07) is 28.7. The predicted molar refractivity (Wildman–Crippen MR) is 131 cm³/mol. The Morgan fingerprint density at radius 2 is 1.36 bits per heavy atom. The van der Waals surface area contributed by atoms with E-state index in [0.29, 0.717) is 26.1 Å². The van der Waals surface area contributed by atoms with Crippen LogP contribution in [0.1, 0.15) is 23.1 Å². The Hall–Kier alpha value is -3.44. The number of benzene rings is 3. The fourth-order valence-corrected chi connectivity index (χ4v) is 3.75. The van der Waals surface area contributed by atoms with Crippen molar-refractivity contribution in [3.05, 3.63) is 108 Å². The van der Waals surface area contributed by atoms with Gasteiger partial charge < -0.3 is 15.0 Å². The summed E-state index contributed by atoms with van der Waals surface area (Å²) in [4.78, 5) is 28.6. The average molecular weight is 445 g/mol. The molecular weight excluding hydrogens is 412 g/mol. The third-order valence-electron chi connectivity index (χ3n) is 5.49. The number of nitrogens with zero attached hydrogens (tertiary/aromatic N) is 1. The van der Waals surface area contributed by atoms with E-state index in [1.165, 1.54) is 0 Å². The van der Waals surface area contributed by atoms with E-state index in [1.54, 1.807) is 12.0 Å². The summed E-state index contributed by atoms with van der Waals surface area (Å²) >= 11 is 0. The molecule has 0 saturated carbocycles. The molecule has 33 heavy (non-hydrogen) atoms. The van der Waals surface area contributed by atoms with Crippen LogP contribution in [0, 0.1) is 0 Å². The molecule has 3 rings (SSSR count). The molecule has 1 unspecified atom stereocenters. The molecule has 0 heterocycles. The summed E-state index contributed by atoms with van der Waals surface area (Å²) in [5.41, 5.74) is 2.93. The second-order valence-corrected chi connectivity index (χ2v) is 8.01. The molecule has 0 radical (unpaired) electrons. The van der Waals surface area contributed by atoms with Gasteiger partial charge in [0, 0.05) is 33.2 Å². The number of nitrogens with one attached hydrogen (secondary N) is 1. The molecule has 5 nitrogen and oxygen atoms in total. The maximum atomic E-state index is 13.6. The van der Waals surface area contributed by atoms with Crippen LogP contribution >= 0.6 is 0 Å². The van der Waals surface area contributed by atoms with Gasteiger partial charge in [-0.2, -0.15) is 0 Å². The SMILES string of the molecule is COCCCNC(=O)C(Cc1ccccc1)N(Cc1ccccc1)C(=O)Cc1ccccc1. The molecule has 2 amide bonds. The van der Waals surface area contributed by atoms with Crippen LogP contribution in [-0.4, -0.2) is 43.0 Å². The molecule has 3 aromatic carbocycles. The summed E-state index contributed by atoms with van der Waals surface area (Å²) in [5.74, 6) is -0.217. The molecule has 0 saturated heterocycles. The summed E-state index contributed by atoms with van der Waals surface area (Å²) in [6.45, 7) is 1.45. The van der Waals surface area contributed by atoms with Gasteiger partial charge in [0.05, 0.1) is 6.42 Å². The van der Waals surface area contributed by atoms with E-state index in [4.69, 9.17) is 4.74 Å². The van der Waals surface area contributed by atoms with Crippen molar-refractivity contribution in [2.45, 2.75) is 31.8 Å². The Kier molecular flexibility index (Phi) is 9.67. The highest BCUT2D eigenvalue weighted by molar-refractivity contribution is 5.88. The summed E-state index contributed by atoms with van der Waals surface area (Å²) in [6.07, 6.45) is 1.41. The number of carbonyl (C=O) groups is 2.